The molecule has 53 heavy (non-hydrogen) atoms. The van der Waals surface area contributed by atoms with Crippen molar-refractivity contribution in [2.45, 2.75) is 101 Å². The SMILES string of the molecule is Cc1ccccc1-c1cccc2c1C=C(CC(C)C)[CH]2[Zr]([Cl])([Cl])([BH]N([Si](C)(C)C)[Si](C)(C)C)[CH]1C(CC(C)C)=Cc2c(-c3ccccc3C)cccc21. The summed E-state index contributed by atoms with van der Waals surface area (Å²) in [5.41, 5.74) is 16.1. The van der Waals surface area contributed by atoms with E-state index in [0.29, 0.717) is 11.8 Å². The van der Waals surface area contributed by atoms with E-state index in [4.69, 9.17) is 0 Å². The molecule has 0 saturated carbocycles. The van der Waals surface area contributed by atoms with Crippen molar-refractivity contribution in [2.75, 3.05) is 0 Å². The Morgan fingerprint density at radius 2 is 0.925 bits per heavy atom. The van der Waals surface area contributed by atoms with Crippen molar-refractivity contribution in [3.63, 3.8) is 0 Å². The molecule has 0 spiro atoms. The molecule has 7 heteroatoms. The summed E-state index contributed by atoms with van der Waals surface area (Å²) in [6.07, 6.45) is 7.06. The van der Waals surface area contributed by atoms with Gasteiger partial charge in [-0.2, -0.15) is 0 Å². The standard InChI is InChI=1S/2C20H21.C6H19BNSi2.2ClH.Zr/c2*1-14(2)11-16-12-17-8-6-10-19(20(17)13-16)18-9-5-4-7-15(18)3;1-9(2,3)8(7)10(4,5)6;;;/h2*4-10,12-14H,11H2,1-3H3;7H,1-6H3;2*1H;/q;;+1;;;+1/p-2. The van der Waals surface area contributed by atoms with Gasteiger partial charge in [0.15, 0.2) is 0 Å². The van der Waals surface area contributed by atoms with Crippen LogP contribution in [0.3, 0.4) is 0 Å². The van der Waals surface area contributed by atoms with Crippen molar-refractivity contribution >= 4 is 50.6 Å². The zero-order valence-electron chi connectivity index (χ0n) is 34.4. The van der Waals surface area contributed by atoms with Gasteiger partial charge in [0.05, 0.1) is 0 Å². The first kappa shape index (κ1) is 40.9. The minimum atomic E-state index is -5.31. The van der Waals surface area contributed by atoms with Gasteiger partial charge in [-0.05, 0) is 0 Å². The molecule has 0 N–H and O–H groups in total. The number of benzene rings is 4. The molecular formula is C46H61BCl2NSi2Zr. The maximum atomic E-state index is 9.18. The van der Waals surface area contributed by atoms with Gasteiger partial charge < -0.3 is 0 Å². The zero-order chi connectivity index (χ0) is 38.7. The van der Waals surface area contributed by atoms with E-state index in [2.05, 4.69) is 182 Å². The Bertz CT molecular complexity index is 1940. The van der Waals surface area contributed by atoms with E-state index in [1.165, 1.54) is 66.8 Å². The van der Waals surface area contributed by atoms with Crippen LogP contribution in [-0.4, -0.2) is 25.6 Å². The van der Waals surface area contributed by atoms with Crippen LogP contribution < -0.4 is 0 Å². The summed E-state index contributed by atoms with van der Waals surface area (Å²) < 4.78 is 2.95. The molecule has 279 valence electrons. The maximum absolute atomic E-state index is 9.18. The average molecular weight is 857 g/mol. The van der Waals surface area contributed by atoms with Crippen LogP contribution in [0.4, 0.5) is 0 Å². The topological polar surface area (TPSA) is 3.24 Å². The van der Waals surface area contributed by atoms with Crippen LogP contribution in [0, 0.1) is 25.7 Å². The summed E-state index contributed by atoms with van der Waals surface area (Å²) in [5, 5.41) is 0. The predicted octanol–water partition coefficient (Wildman–Crippen LogP) is 14.5. The van der Waals surface area contributed by atoms with Gasteiger partial charge >= 0.3 is 335 Å². The summed E-state index contributed by atoms with van der Waals surface area (Å²) in [5.74, 6) is 0.957. The molecule has 0 fully saturated rings. The van der Waals surface area contributed by atoms with E-state index < -0.39 is 32.6 Å². The van der Waals surface area contributed by atoms with Crippen molar-refractivity contribution in [2.24, 2.45) is 11.8 Å². The summed E-state index contributed by atoms with van der Waals surface area (Å²) in [4.78, 5) is 0.818. The van der Waals surface area contributed by atoms with Crippen LogP contribution in [0.5, 0.6) is 0 Å². The Balaban J connectivity index is 1.71. The van der Waals surface area contributed by atoms with Crippen molar-refractivity contribution < 1.29 is 16.2 Å². The number of hydrogen-bond acceptors (Lipinski definition) is 1. The van der Waals surface area contributed by atoms with Crippen LogP contribution >= 0.6 is 17.0 Å². The molecule has 0 aromatic heterocycles. The number of aryl methyl sites for hydroxylation is 2. The molecule has 0 amide bonds. The molecule has 2 atom stereocenters. The Morgan fingerprint density at radius 3 is 1.26 bits per heavy atom. The van der Waals surface area contributed by atoms with Gasteiger partial charge in [-0.3, -0.25) is 0 Å². The first-order chi connectivity index (χ1) is 24.7. The summed E-state index contributed by atoms with van der Waals surface area (Å²) in [6.45, 7) is 29.0. The Kier molecular flexibility index (Phi) is 11.6. The molecular weight excluding hydrogens is 796 g/mol. The summed E-state index contributed by atoms with van der Waals surface area (Å²) in [7, 11) is 14.6. The number of rotatable bonds is 12. The van der Waals surface area contributed by atoms with Crippen LogP contribution in [-0.2, 0) is 16.2 Å². The molecule has 2 aliphatic rings. The fourth-order valence-electron chi connectivity index (χ4n) is 9.97. The third kappa shape index (κ3) is 7.84. The van der Waals surface area contributed by atoms with Crippen molar-refractivity contribution in [1.29, 1.82) is 0 Å². The monoisotopic (exact) mass is 854 g/mol. The average Bonchev–Trinajstić information content (AvgIpc) is 3.62. The van der Waals surface area contributed by atoms with Crippen LogP contribution in [0.1, 0.15) is 81.2 Å². The van der Waals surface area contributed by atoms with E-state index in [1.54, 1.807) is 0 Å². The first-order valence-electron chi connectivity index (χ1n) is 19.9. The number of hydrogen-bond donors (Lipinski definition) is 0. The molecule has 0 aliphatic heterocycles. The van der Waals surface area contributed by atoms with E-state index in [-0.39, 0.29) is 7.25 Å². The molecule has 4 aromatic carbocycles. The van der Waals surface area contributed by atoms with Crippen LogP contribution in [0.25, 0.3) is 34.4 Å². The molecule has 1 nitrogen and oxygen atoms in total. The third-order valence-corrected chi connectivity index (χ3v) is 38.8. The fraction of sp³-hybridized carbons (Fsp3) is 0.391. The fourth-order valence-corrected chi connectivity index (χ4v) is 52.1. The number of fused-ring (bicyclic) bond motifs is 2. The van der Waals surface area contributed by atoms with E-state index in [0.717, 1.165) is 17.8 Å². The number of allylic oxidation sites excluding steroid dienone is 2. The molecule has 6 rings (SSSR count). The predicted molar refractivity (Wildman–Crippen MR) is 241 cm³/mol. The second kappa shape index (κ2) is 15.0. The molecule has 0 radical (unpaired) electrons. The normalized spacial score (nSPS) is 18.2. The number of halogens is 2. The Morgan fingerprint density at radius 1 is 0.566 bits per heavy atom. The second-order valence-electron chi connectivity index (χ2n) is 19.0. The quantitative estimate of drug-likeness (QED) is 0.128. The molecule has 4 aromatic rings. The summed E-state index contributed by atoms with van der Waals surface area (Å²) in [6, 6.07) is 31.6. The van der Waals surface area contributed by atoms with Gasteiger partial charge in [-0.15, -0.1) is 0 Å². The number of nitrogens with zero attached hydrogens (tertiary/aromatic N) is 1. The van der Waals surface area contributed by atoms with Gasteiger partial charge in [0.1, 0.15) is 0 Å². The zero-order valence-corrected chi connectivity index (χ0v) is 40.3. The van der Waals surface area contributed by atoms with Gasteiger partial charge in [0, 0.05) is 0 Å². The third-order valence-electron chi connectivity index (χ3n) is 11.7. The minimum absolute atomic E-state index is 0.00460. The Labute approximate surface area is 332 Å². The van der Waals surface area contributed by atoms with Crippen molar-refractivity contribution in [3.05, 3.63) is 129 Å². The Hall–Kier alpha value is -1.72. The van der Waals surface area contributed by atoms with Gasteiger partial charge in [-0.25, -0.2) is 0 Å². The molecule has 0 saturated heterocycles. The van der Waals surface area contributed by atoms with Gasteiger partial charge in [0.2, 0.25) is 0 Å². The van der Waals surface area contributed by atoms with E-state index in [1.807, 2.05) is 0 Å². The molecule has 0 bridgehead atoms. The molecule has 0 heterocycles. The molecule has 2 aliphatic carbocycles. The van der Waals surface area contributed by atoms with E-state index >= 15 is 0 Å². The van der Waals surface area contributed by atoms with Crippen molar-refractivity contribution in [1.82, 2.24) is 4.14 Å². The van der Waals surface area contributed by atoms with Gasteiger partial charge in [0.25, 0.3) is 0 Å². The molecule has 2 unspecified atom stereocenters. The van der Waals surface area contributed by atoms with E-state index in [9.17, 15) is 17.0 Å². The van der Waals surface area contributed by atoms with Crippen LogP contribution in [0.2, 0.25) is 39.3 Å². The van der Waals surface area contributed by atoms with Crippen LogP contribution in [0.15, 0.2) is 96.1 Å². The summed E-state index contributed by atoms with van der Waals surface area (Å²) >= 11 is -5.31. The van der Waals surface area contributed by atoms with Gasteiger partial charge in [-0.1, -0.05) is 0 Å². The second-order valence-corrected chi connectivity index (χ2v) is 51.2. The first-order valence-corrected chi connectivity index (χ1v) is 37.7. The van der Waals surface area contributed by atoms with Crippen molar-refractivity contribution in [3.8, 4) is 22.3 Å².